The van der Waals surface area contributed by atoms with Gasteiger partial charge in [0.2, 0.25) is 0 Å². The first-order chi connectivity index (χ1) is 12.3. The molecule has 1 aromatic heterocycles. The Bertz CT molecular complexity index is 777. The van der Waals surface area contributed by atoms with E-state index in [0.29, 0.717) is 0 Å². The molecule has 0 radical (unpaired) electrons. The lowest BCUT2D eigenvalue weighted by atomic mass is 10.0. The fourth-order valence-corrected chi connectivity index (χ4v) is 4.23. The summed E-state index contributed by atoms with van der Waals surface area (Å²) in [5.41, 5.74) is -1.08. The van der Waals surface area contributed by atoms with Crippen LogP contribution in [0.25, 0.3) is 0 Å². The van der Waals surface area contributed by atoms with Crippen molar-refractivity contribution >= 4 is 7.60 Å². The molecule has 0 aromatic carbocycles. The van der Waals surface area contributed by atoms with E-state index < -0.39 is 37.3 Å². The van der Waals surface area contributed by atoms with Gasteiger partial charge in [-0.15, -0.1) is 0 Å². The van der Waals surface area contributed by atoms with Gasteiger partial charge in [-0.2, -0.15) is 0 Å². The van der Waals surface area contributed by atoms with Gasteiger partial charge in [0.1, 0.15) is 6.10 Å². The van der Waals surface area contributed by atoms with Gasteiger partial charge in [-0.3, -0.25) is 18.9 Å². The Labute approximate surface area is 151 Å². The van der Waals surface area contributed by atoms with E-state index in [2.05, 4.69) is 4.98 Å². The second-order valence-corrected chi connectivity index (χ2v) is 7.68. The van der Waals surface area contributed by atoms with Crippen LogP contribution < -0.4 is 11.2 Å². The Morgan fingerprint density at radius 1 is 1.31 bits per heavy atom. The van der Waals surface area contributed by atoms with Crippen molar-refractivity contribution < 1.29 is 23.1 Å². The number of H-pyrrole nitrogens is 1. The average molecular weight is 388 g/mol. The van der Waals surface area contributed by atoms with E-state index in [1.54, 1.807) is 19.9 Å². The van der Waals surface area contributed by atoms with E-state index in [1.165, 1.54) is 29.8 Å². The minimum atomic E-state index is -3.35. The van der Waals surface area contributed by atoms with Crippen molar-refractivity contribution in [2.45, 2.75) is 39.2 Å². The summed E-state index contributed by atoms with van der Waals surface area (Å²) in [6, 6.07) is 1.24. The Balaban J connectivity index is 2.27. The second kappa shape index (κ2) is 8.92. The number of ether oxygens (including phenoxy) is 2. The van der Waals surface area contributed by atoms with Crippen molar-refractivity contribution in [2.24, 2.45) is 5.92 Å². The Morgan fingerprint density at radius 3 is 2.50 bits per heavy atom. The molecule has 0 amide bonds. The third kappa shape index (κ3) is 4.61. The Hall–Kier alpha value is -1.51. The predicted octanol–water partition coefficient (Wildman–Crippen LogP) is 1.86. The molecule has 0 bridgehead atoms. The van der Waals surface area contributed by atoms with Gasteiger partial charge >= 0.3 is 13.3 Å². The predicted molar refractivity (Wildman–Crippen MR) is 95.2 cm³/mol. The van der Waals surface area contributed by atoms with Gasteiger partial charge in [-0.1, -0.05) is 6.92 Å². The van der Waals surface area contributed by atoms with Crippen LogP contribution in [0.4, 0.5) is 0 Å². The summed E-state index contributed by atoms with van der Waals surface area (Å²) in [7, 11) is -1.83. The average Bonchev–Trinajstić information content (AvgIpc) is 2.89. The number of aromatic nitrogens is 2. The highest BCUT2D eigenvalue weighted by atomic mass is 31.2. The Morgan fingerprint density at radius 2 is 1.96 bits per heavy atom. The quantitative estimate of drug-likeness (QED) is 0.677. The molecule has 0 spiro atoms. The lowest BCUT2D eigenvalue weighted by molar-refractivity contribution is -0.0444. The van der Waals surface area contributed by atoms with Gasteiger partial charge in [0.05, 0.1) is 19.3 Å². The molecular weight excluding hydrogens is 363 g/mol. The molecule has 10 heteroatoms. The van der Waals surface area contributed by atoms with Crippen LogP contribution in [0, 0.1) is 5.92 Å². The molecular formula is C16H25N2O7P. The molecule has 1 N–H and O–H groups in total. The van der Waals surface area contributed by atoms with Crippen LogP contribution in [0.15, 0.2) is 33.7 Å². The molecule has 1 aliphatic rings. The molecule has 146 valence electrons. The molecule has 2 rings (SSSR count). The maximum Gasteiger partial charge on any atom is 0.353 e. The molecule has 1 fully saturated rings. The third-order valence-corrected chi connectivity index (χ3v) is 5.86. The zero-order chi connectivity index (χ0) is 19.3. The van der Waals surface area contributed by atoms with Crippen molar-refractivity contribution in [1.82, 2.24) is 9.55 Å². The third-order valence-electron chi connectivity index (χ3n) is 4.09. The van der Waals surface area contributed by atoms with Crippen LogP contribution in [0.1, 0.15) is 27.0 Å². The minimum absolute atomic E-state index is 0.142. The number of aromatic amines is 1. The van der Waals surface area contributed by atoms with Crippen LogP contribution >= 0.6 is 7.60 Å². The highest BCUT2D eigenvalue weighted by Crippen LogP contribution is 2.50. The molecule has 1 aromatic rings. The minimum Gasteiger partial charge on any atom is -0.376 e. The second-order valence-electron chi connectivity index (χ2n) is 5.79. The topological polar surface area (TPSA) is 109 Å². The summed E-state index contributed by atoms with van der Waals surface area (Å²) in [6.07, 6.45) is 1.33. The molecule has 0 aliphatic carbocycles. The van der Waals surface area contributed by atoms with E-state index in [0.717, 1.165) is 0 Å². The summed E-state index contributed by atoms with van der Waals surface area (Å²) < 4.78 is 35.7. The fraction of sp³-hybridized carbons (Fsp3) is 0.625. The van der Waals surface area contributed by atoms with E-state index in [4.69, 9.17) is 18.5 Å². The number of rotatable bonds is 8. The standard InChI is InChI=1S/C16H25N2O7P/c1-5-23-26(21,24-6-2)10-8-12-11(3)14(22-4)15(25-12)18-9-7-13(19)17-16(18)20/h7-12,14-15H,5-6H2,1-4H3,(H,17,19,20)/b10-8+/t11?,12-,14+,15-/m1/s1. The van der Waals surface area contributed by atoms with Gasteiger partial charge in [0, 0.05) is 31.1 Å². The summed E-state index contributed by atoms with van der Waals surface area (Å²) >= 11 is 0. The molecule has 2 heterocycles. The smallest absolute Gasteiger partial charge is 0.353 e. The molecule has 4 atom stereocenters. The van der Waals surface area contributed by atoms with E-state index in [1.807, 2.05) is 6.92 Å². The van der Waals surface area contributed by atoms with Gasteiger partial charge in [0.25, 0.3) is 5.56 Å². The van der Waals surface area contributed by atoms with Crippen molar-refractivity contribution in [3.8, 4) is 0 Å². The zero-order valence-corrected chi connectivity index (χ0v) is 16.2. The molecule has 0 saturated carbocycles. The lowest BCUT2D eigenvalue weighted by Crippen LogP contribution is -2.36. The molecule has 9 nitrogen and oxygen atoms in total. The first-order valence-corrected chi connectivity index (χ1v) is 10.0. The SMILES string of the molecule is CCOP(=O)(/C=C/[C@H]1O[C@@H](n2ccc(=O)[nH]c2=O)[C@@H](OC)C1C)OCC. The number of nitrogens with one attached hydrogen (secondary N) is 1. The van der Waals surface area contributed by atoms with E-state index in [-0.39, 0.29) is 19.1 Å². The van der Waals surface area contributed by atoms with Gasteiger partial charge in [-0.05, 0) is 19.9 Å². The first-order valence-electron chi connectivity index (χ1n) is 8.43. The van der Waals surface area contributed by atoms with E-state index >= 15 is 0 Å². The molecule has 26 heavy (non-hydrogen) atoms. The van der Waals surface area contributed by atoms with Crippen LogP contribution in [0.2, 0.25) is 0 Å². The largest absolute Gasteiger partial charge is 0.376 e. The number of hydrogen-bond donors (Lipinski definition) is 1. The van der Waals surface area contributed by atoms with Crippen molar-refractivity contribution in [1.29, 1.82) is 0 Å². The normalized spacial score (nSPS) is 26.6. The fourth-order valence-electron chi connectivity index (χ4n) is 2.89. The molecule has 1 unspecified atom stereocenters. The van der Waals surface area contributed by atoms with Gasteiger partial charge < -0.3 is 18.5 Å². The lowest BCUT2D eigenvalue weighted by Gasteiger charge is -2.20. The number of hydrogen-bond acceptors (Lipinski definition) is 7. The summed E-state index contributed by atoms with van der Waals surface area (Å²) in [6.45, 7) is 5.85. The first kappa shape index (κ1) is 20.8. The van der Waals surface area contributed by atoms with Crippen LogP contribution in [0.3, 0.4) is 0 Å². The van der Waals surface area contributed by atoms with Crippen LogP contribution in [0.5, 0.6) is 0 Å². The van der Waals surface area contributed by atoms with Crippen LogP contribution in [-0.4, -0.2) is 42.1 Å². The van der Waals surface area contributed by atoms with Crippen molar-refractivity contribution in [3.05, 3.63) is 45.0 Å². The summed E-state index contributed by atoms with van der Waals surface area (Å²) in [5.74, 6) is 1.24. The van der Waals surface area contributed by atoms with Crippen molar-refractivity contribution in [2.75, 3.05) is 20.3 Å². The molecule has 1 saturated heterocycles. The van der Waals surface area contributed by atoms with E-state index in [9.17, 15) is 14.2 Å². The molecule has 1 aliphatic heterocycles. The highest BCUT2D eigenvalue weighted by molar-refractivity contribution is 7.57. The van der Waals surface area contributed by atoms with Gasteiger partial charge in [-0.25, -0.2) is 4.79 Å². The number of methoxy groups -OCH3 is 1. The maximum atomic E-state index is 12.6. The van der Waals surface area contributed by atoms with Crippen LogP contribution in [-0.2, 0) is 23.1 Å². The zero-order valence-electron chi connectivity index (χ0n) is 15.3. The number of nitrogens with zero attached hydrogens (tertiary/aromatic N) is 1. The summed E-state index contributed by atoms with van der Waals surface area (Å²) in [5, 5.41) is 0. The Kier molecular flexibility index (Phi) is 7.14. The van der Waals surface area contributed by atoms with Gasteiger partial charge in [0.15, 0.2) is 6.23 Å². The van der Waals surface area contributed by atoms with Crippen molar-refractivity contribution in [3.63, 3.8) is 0 Å². The highest BCUT2D eigenvalue weighted by Gasteiger charge is 2.43. The maximum absolute atomic E-state index is 12.6. The monoisotopic (exact) mass is 388 g/mol. The summed E-state index contributed by atoms with van der Waals surface area (Å²) in [4.78, 5) is 25.5.